The molecule has 2 aromatic heterocycles. The van der Waals surface area contributed by atoms with E-state index < -0.39 is 11.2 Å². The smallest absolute Gasteiger partial charge is 0.332 e. The second-order valence-corrected chi connectivity index (χ2v) is 7.24. The van der Waals surface area contributed by atoms with Crippen LogP contribution >= 0.6 is 0 Å². The number of nitriles is 1. The molecule has 9 nitrogen and oxygen atoms in total. The van der Waals surface area contributed by atoms with Gasteiger partial charge in [-0.15, -0.1) is 0 Å². The summed E-state index contributed by atoms with van der Waals surface area (Å²) < 4.78 is 10.1. The Hall–Kier alpha value is -3.38. The van der Waals surface area contributed by atoms with Gasteiger partial charge in [0.2, 0.25) is 0 Å². The second-order valence-electron chi connectivity index (χ2n) is 7.24. The summed E-state index contributed by atoms with van der Waals surface area (Å²) in [6, 6.07) is 8.76. The van der Waals surface area contributed by atoms with Crippen LogP contribution in [0.5, 0.6) is 5.75 Å². The zero-order chi connectivity index (χ0) is 22.4. The summed E-state index contributed by atoms with van der Waals surface area (Å²) in [5, 5.41) is 18.7. The third-order valence-electron chi connectivity index (χ3n) is 5.06. The molecule has 0 bridgehead atoms. The lowest BCUT2D eigenvalue weighted by molar-refractivity contribution is 0.265. The Morgan fingerprint density at radius 2 is 1.90 bits per heavy atom. The molecule has 1 N–H and O–H groups in total. The number of aliphatic hydroxyl groups excluding tert-OH is 1. The lowest BCUT2D eigenvalue weighted by Gasteiger charge is -2.13. The summed E-state index contributed by atoms with van der Waals surface area (Å²) in [5.74, 6) is 0.874. The van der Waals surface area contributed by atoms with Crippen LogP contribution < -0.4 is 16.0 Å². The second kappa shape index (κ2) is 10.1. The number of nitrogens with zero attached hydrogens (tertiary/aromatic N) is 5. The normalized spacial score (nSPS) is 11.0. The van der Waals surface area contributed by atoms with Crippen LogP contribution in [0, 0.1) is 11.3 Å². The predicted molar refractivity (Wildman–Crippen MR) is 116 cm³/mol. The fourth-order valence-corrected chi connectivity index (χ4v) is 3.55. The minimum Gasteiger partial charge on any atom is -0.492 e. The highest BCUT2D eigenvalue weighted by atomic mass is 16.5. The highest BCUT2D eigenvalue weighted by molar-refractivity contribution is 5.71. The van der Waals surface area contributed by atoms with Gasteiger partial charge in [-0.2, -0.15) is 5.26 Å². The number of unbranched alkanes of at least 4 members (excludes halogenated alkanes) is 1. The zero-order valence-electron chi connectivity index (χ0n) is 17.9. The topological polar surface area (TPSA) is 115 Å². The number of aromatic nitrogens is 4. The Morgan fingerprint density at radius 1 is 1.10 bits per heavy atom. The molecule has 164 valence electrons. The number of benzene rings is 1. The summed E-state index contributed by atoms with van der Waals surface area (Å²) in [4.78, 5) is 30.8. The summed E-state index contributed by atoms with van der Waals surface area (Å²) >= 11 is 0. The van der Waals surface area contributed by atoms with Crippen molar-refractivity contribution in [2.75, 3.05) is 6.61 Å². The summed E-state index contributed by atoms with van der Waals surface area (Å²) in [5.41, 5.74) is 0.236. The number of aliphatic hydroxyl groups is 1. The van der Waals surface area contributed by atoms with Gasteiger partial charge < -0.3 is 14.4 Å². The molecule has 0 aliphatic rings. The zero-order valence-corrected chi connectivity index (χ0v) is 17.9. The SMILES string of the molecule is CCCCn1c(=O)n(CCOc2cccc(C#N)c2)c(=O)c2c1nc(CO)n2CCC. The molecule has 0 saturated heterocycles. The van der Waals surface area contributed by atoms with E-state index in [0.29, 0.717) is 41.4 Å². The average molecular weight is 425 g/mol. The van der Waals surface area contributed by atoms with E-state index in [1.54, 1.807) is 28.8 Å². The monoisotopic (exact) mass is 425 g/mol. The van der Waals surface area contributed by atoms with E-state index in [1.165, 1.54) is 9.13 Å². The highest BCUT2D eigenvalue weighted by Gasteiger charge is 2.20. The Bertz CT molecular complexity index is 1220. The predicted octanol–water partition coefficient (Wildman–Crippen LogP) is 2.01. The summed E-state index contributed by atoms with van der Waals surface area (Å²) in [7, 11) is 0. The molecule has 3 aromatic rings. The third kappa shape index (κ3) is 4.54. The highest BCUT2D eigenvalue weighted by Crippen LogP contribution is 2.14. The van der Waals surface area contributed by atoms with Crippen LogP contribution in [-0.4, -0.2) is 30.4 Å². The van der Waals surface area contributed by atoms with Crippen molar-refractivity contribution < 1.29 is 9.84 Å². The van der Waals surface area contributed by atoms with Crippen molar-refractivity contribution in [1.82, 2.24) is 18.7 Å². The summed E-state index contributed by atoms with van der Waals surface area (Å²) in [6.45, 7) is 4.79. The molecule has 0 unspecified atom stereocenters. The third-order valence-corrected chi connectivity index (χ3v) is 5.06. The van der Waals surface area contributed by atoms with Crippen LogP contribution in [0.2, 0.25) is 0 Å². The molecular weight excluding hydrogens is 398 g/mol. The number of aryl methyl sites for hydroxylation is 2. The van der Waals surface area contributed by atoms with Crippen molar-refractivity contribution in [2.45, 2.75) is 59.4 Å². The molecule has 1 aromatic carbocycles. The van der Waals surface area contributed by atoms with Crippen molar-refractivity contribution in [1.29, 1.82) is 5.26 Å². The standard InChI is InChI=1S/C22H27N5O4/c1-3-5-10-26-20-19(25(9-4-2)18(15-28)24-20)21(29)27(22(26)30)11-12-31-17-8-6-7-16(13-17)14-23/h6-8,13,28H,3-5,9-12,15H2,1-2H3. The maximum atomic E-state index is 13.3. The van der Waals surface area contributed by atoms with E-state index in [0.717, 1.165) is 19.3 Å². The lowest BCUT2D eigenvalue weighted by atomic mass is 10.2. The van der Waals surface area contributed by atoms with E-state index in [2.05, 4.69) is 4.98 Å². The molecule has 9 heteroatoms. The molecule has 0 saturated carbocycles. The molecule has 0 aliphatic heterocycles. The molecule has 3 rings (SSSR count). The van der Waals surface area contributed by atoms with Gasteiger partial charge in [-0.05, 0) is 31.0 Å². The Morgan fingerprint density at radius 3 is 2.58 bits per heavy atom. The maximum Gasteiger partial charge on any atom is 0.332 e. The van der Waals surface area contributed by atoms with Crippen molar-refractivity contribution in [3.8, 4) is 11.8 Å². The van der Waals surface area contributed by atoms with Gasteiger partial charge in [-0.25, -0.2) is 9.78 Å². The van der Waals surface area contributed by atoms with Crippen molar-refractivity contribution in [3.63, 3.8) is 0 Å². The molecule has 0 fully saturated rings. The molecule has 0 radical (unpaired) electrons. The van der Waals surface area contributed by atoms with Crippen LogP contribution in [-0.2, 0) is 26.2 Å². The number of imidazole rings is 1. The molecule has 0 spiro atoms. The van der Waals surface area contributed by atoms with E-state index >= 15 is 0 Å². The fourth-order valence-electron chi connectivity index (χ4n) is 3.55. The molecule has 0 atom stereocenters. The van der Waals surface area contributed by atoms with Crippen molar-refractivity contribution >= 4 is 11.2 Å². The quantitative estimate of drug-likeness (QED) is 0.531. The molecule has 0 amide bonds. The van der Waals surface area contributed by atoms with E-state index in [1.807, 2.05) is 19.9 Å². The molecule has 0 aliphatic carbocycles. The van der Waals surface area contributed by atoms with E-state index in [9.17, 15) is 14.7 Å². The number of ether oxygens (including phenoxy) is 1. The van der Waals surface area contributed by atoms with Crippen molar-refractivity contribution in [3.05, 3.63) is 56.5 Å². The van der Waals surface area contributed by atoms with Gasteiger partial charge in [-0.3, -0.25) is 13.9 Å². The van der Waals surface area contributed by atoms with E-state index in [-0.39, 0.29) is 19.8 Å². The lowest BCUT2D eigenvalue weighted by Crippen LogP contribution is -2.41. The van der Waals surface area contributed by atoms with Crippen molar-refractivity contribution in [2.24, 2.45) is 0 Å². The van der Waals surface area contributed by atoms with Gasteiger partial charge in [-0.1, -0.05) is 26.3 Å². The van der Waals surface area contributed by atoms with Gasteiger partial charge >= 0.3 is 5.69 Å². The van der Waals surface area contributed by atoms with Crippen LogP contribution in [0.3, 0.4) is 0 Å². The van der Waals surface area contributed by atoms with Gasteiger partial charge in [0.05, 0.1) is 18.2 Å². The molecule has 31 heavy (non-hydrogen) atoms. The van der Waals surface area contributed by atoms with Gasteiger partial charge in [0.15, 0.2) is 11.2 Å². The Balaban J connectivity index is 2.03. The molecular formula is C22H27N5O4. The Labute approximate surface area is 179 Å². The van der Waals surface area contributed by atoms with Gasteiger partial charge in [0.25, 0.3) is 5.56 Å². The first-order chi connectivity index (χ1) is 15.0. The van der Waals surface area contributed by atoms with Crippen LogP contribution in [0.25, 0.3) is 11.2 Å². The van der Waals surface area contributed by atoms with Crippen LogP contribution in [0.1, 0.15) is 44.5 Å². The van der Waals surface area contributed by atoms with Crippen LogP contribution in [0.15, 0.2) is 33.9 Å². The Kier molecular flexibility index (Phi) is 7.26. The number of rotatable bonds is 10. The minimum atomic E-state index is -0.442. The number of hydrogen-bond donors (Lipinski definition) is 1. The first-order valence-corrected chi connectivity index (χ1v) is 10.5. The number of fused-ring (bicyclic) bond motifs is 1. The van der Waals surface area contributed by atoms with Gasteiger partial charge in [0.1, 0.15) is 24.8 Å². The fraction of sp³-hybridized carbons (Fsp3) is 0.455. The maximum absolute atomic E-state index is 13.3. The average Bonchev–Trinajstić information content (AvgIpc) is 3.15. The largest absolute Gasteiger partial charge is 0.492 e. The number of hydrogen-bond acceptors (Lipinski definition) is 6. The van der Waals surface area contributed by atoms with E-state index in [4.69, 9.17) is 10.00 Å². The van der Waals surface area contributed by atoms with Crippen LogP contribution in [0.4, 0.5) is 0 Å². The van der Waals surface area contributed by atoms with Gasteiger partial charge in [0, 0.05) is 13.1 Å². The minimum absolute atomic E-state index is 0.0578. The summed E-state index contributed by atoms with van der Waals surface area (Å²) in [6.07, 6.45) is 2.40. The first kappa shape index (κ1) is 22.3. The molecule has 2 heterocycles. The first-order valence-electron chi connectivity index (χ1n) is 10.5.